The second kappa shape index (κ2) is 9.76. The lowest BCUT2D eigenvalue weighted by Gasteiger charge is -2.09. The van der Waals surface area contributed by atoms with E-state index in [-0.39, 0.29) is 4.90 Å². The standard InChI is InChI=1S/C22H20BrN3O4S/c1-15-3-10-20(11-4-15)31(28,29)26-19-8-5-16(6-9-19)22(27)25-24-14-17-13-18(23)7-12-21(17)30-2/h3-14,26H,1-2H3,(H,25,27)/b24-14-. The molecule has 2 N–H and O–H groups in total. The maximum Gasteiger partial charge on any atom is 0.271 e. The van der Waals surface area contributed by atoms with E-state index in [9.17, 15) is 13.2 Å². The molecule has 0 unspecified atom stereocenters. The summed E-state index contributed by atoms with van der Waals surface area (Å²) < 4.78 is 33.5. The van der Waals surface area contributed by atoms with Crippen LogP contribution in [0.4, 0.5) is 5.69 Å². The van der Waals surface area contributed by atoms with Crippen molar-refractivity contribution < 1.29 is 17.9 Å². The number of halogens is 1. The van der Waals surface area contributed by atoms with Gasteiger partial charge in [-0.2, -0.15) is 5.10 Å². The van der Waals surface area contributed by atoms with E-state index in [0.29, 0.717) is 22.6 Å². The number of carbonyl (C=O) groups is 1. The highest BCUT2D eigenvalue weighted by atomic mass is 79.9. The molecule has 3 aromatic rings. The number of ether oxygens (including phenoxy) is 1. The molecule has 0 bridgehead atoms. The maximum atomic E-state index is 12.5. The Morgan fingerprint density at radius 3 is 2.35 bits per heavy atom. The fourth-order valence-electron chi connectivity index (χ4n) is 2.65. The molecule has 3 aromatic carbocycles. The Balaban J connectivity index is 1.65. The summed E-state index contributed by atoms with van der Waals surface area (Å²) in [5.41, 5.74) is 4.78. The Bertz CT molecular complexity index is 1210. The Morgan fingerprint density at radius 2 is 1.71 bits per heavy atom. The zero-order valence-corrected chi connectivity index (χ0v) is 19.2. The van der Waals surface area contributed by atoms with Gasteiger partial charge in [0.1, 0.15) is 5.75 Å². The van der Waals surface area contributed by atoms with Crippen molar-refractivity contribution in [3.05, 3.63) is 87.9 Å². The number of methoxy groups -OCH3 is 1. The molecule has 9 heteroatoms. The molecule has 0 spiro atoms. The van der Waals surface area contributed by atoms with E-state index in [1.54, 1.807) is 25.3 Å². The summed E-state index contributed by atoms with van der Waals surface area (Å²) in [6, 6.07) is 18.0. The lowest BCUT2D eigenvalue weighted by atomic mass is 10.2. The summed E-state index contributed by atoms with van der Waals surface area (Å²) in [5.74, 6) is 0.185. The highest BCUT2D eigenvalue weighted by Gasteiger charge is 2.14. The minimum atomic E-state index is -3.71. The van der Waals surface area contributed by atoms with Crippen molar-refractivity contribution in [2.24, 2.45) is 5.10 Å². The van der Waals surface area contributed by atoms with Gasteiger partial charge in [-0.05, 0) is 61.5 Å². The lowest BCUT2D eigenvalue weighted by molar-refractivity contribution is 0.0955. The summed E-state index contributed by atoms with van der Waals surface area (Å²) in [4.78, 5) is 12.5. The number of amides is 1. The van der Waals surface area contributed by atoms with Gasteiger partial charge in [-0.25, -0.2) is 13.8 Å². The van der Waals surface area contributed by atoms with Crippen LogP contribution in [0.1, 0.15) is 21.5 Å². The number of aryl methyl sites for hydroxylation is 1. The number of nitrogens with zero attached hydrogens (tertiary/aromatic N) is 1. The largest absolute Gasteiger partial charge is 0.496 e. The Kier molecular flexibility index (Phi) is 7.09. The first-order chi connectivity index (χ1) is 14.8. The smallest absolute Gasteiger partial charge is 0.271 e. The van der Waals surface area contributed by atoms with Gasteiger partial charge >= 0.3 is 0 Å². The molecule has 0 aromatic heterocycles. The van der Waals surface area contributed by atoms with Crippen LogP contribution >= 0.6 is 15.9 Å². The fourth-order valence-corrected chi connectivity index (χ4v) is 4.09. The molecule has 0 saturated carbocycles. The van der Waals surface area contributed by atoms with E-state index in [0.717, 1.165) is 10.0 Å². The highest BCUT2D eigenvalue weighted by Crippen LogP contribution is 2.21. The fraction of sp³-hybridized carbons (Fsp3) is 0.0909. The topological polar surface area (TPSA) is 96.9 Å². The molecule has 0 radical (unpaired) electrons. The molecule has 31 heavy (non-hydrogen) atoms. The zero-order valence-electron chi connectivity index (χ0n) is 16.8. The second-order valence-electron chi connectivity index (χ2n) is 6.58. The van der Waals surface area contributed by atoms with Crippen molar-refractivity contribution >= 4 is 43.8 Å². The highest BCUT2D eigenvalue weighted by molar-refractivity contribution is 9.10. The number of nitrogens with one attached hydrogen (secondary N) is 2. The first kappa shape index (κ1) is 22.5. The van der Waals surface area contributed by atoms with Gasteiger partial charge in [0.05, 0.1) is 18.2 Å². The Labute approximate surface area is 189 Å². The number of anilines is 1. The van der Waals surface area contributed by atoms with Crippen LogP contribution < -0.4 is 14.9 Å². The summed E-state index contributed by atoms with van der Waals surface area (Å²) in [7, 11) is -2.16. The molecule has 1 amide bonds. The molecule has 160 valence electrons. The van der Waals surface area contributed by atoms with Crippen LogP contribution in [0, 0.1) is 6.92 Å². The SMILES string of the molecule is COc1ccc(Br)cc1/C=N\NC(=O)c1ccc(NS(=O)(=O)c2ccc(C)cc2)cc1. The van der Waals surface area contributed by atoms with Crippen LogP contribution in [0.3, 0.4) is 0 Å². The van der Waals surface area contributed by atoms with E-state index in [4.69, 9.17) is 4.74 Å². The number of hydrogen-bond acceptors (Lipinski definition) is 5. The molecule has 0 heterocycles. The minimum Gasteiger partial charge on any atom is -0.496 e. The quantitative estimate of drug-likeness (QED) is 0.371. The van der Waals surface area contributed by atoms with Crippen molar-refractivity contribution in [3.63, 3.8) is 0 Å². The van der Waals surface area contributed by atoms with Gasteiger partial charge in [-0.15, -0.1) is 0 Å². The van der Waals surface area contributed by atoms with Crippen molar-refractivity contribution in [2.45, 2.75) is 11.8 Å². The van der Waals surface area contributed by atoms with Crippen LogP contribution in [0.2, 0.25) is 0 Å². The first-order valence-corrected chi connectivity index (χ1v) is 11.4. The predicted molar refractivity (Wildman–Crippen MR) is 124 cm³/mol. The van der Waals surface area contributed by atoms with E-state index < -0.39 is 15.9 Å². The number of hydrogen-bond donors (Lipinski definition) is 2. The van der Waals surface area contributed by atoms with Crippen LogP contribution in [-0.4, -0.2) is 27.6 Å². The van der Waals surface area contributed by atoms with Gasteiger partial charge < -0.3 is 4.74 Å². The van der Waals surface area contributed by atoms with Crippen molar-refractivity contribution in [2.75, 3.05) is 11.8 Å². The second-order valence-corrected chi connectivity index (χ2v) is 9.18. The van der Waals surface area contributed by atoms with Crippen molar-refractivity contribution in [3.8, 4) is 5.75 Å². The summed E-state index contributed by atoms with van der Waals surface area (Å²) in [5, 5.41) is 3.96. The molecule has 0 aliphatic carbocycles. The lowest BCUT2D eigenvalue weighted by Crippen LogP contribution is -2.18. The van der Waals surface area contributed by atoms with E-state index >= 15 is 0 Å². The number of sulfonamides is 1. The average Bonchev–Trinajstić information content (AvgIpc) is 2.74. The van der Waals surface area contributed by atoms with Crippen LogP contribution in [0.25, 0.3) is 0 Å². The Morgan fingerprint density at radius 1 is 1.03 bits per heavy atom. The predicted octanol–water partition coefficient (Wildman–Crippen LogP) is 4.33. The monoisotopic (exact) mass is 501 g/mol. The zero-order chi connectivity index (χ0) is 22.4. The van der Waals surface area contributed by atoms with Crippen molar-refractivity contribution in [1.29, 1.82) is 0 Å². The third-order valence-corrected chi connectivity index (χ3v) is 6.18. The number of carbonyl (C=O) groups excluding carboxylic acids is 1. The molecule has 0 aliphatic rings. The maximum absolute atomic E-state index is 12.5. The van der Waals surface area contributed by atoms with Crippen molar-refractivity contribution in [1.82, 2.24) is 5.43 Å². The van der Waals surface area contributed by atoms with Gasteiger partial charge in [0.25, 0.3) is 15.9 Å². The summed E-state index contributed by atoms with van der Waals surface area (Å²) >= 11 is 3.38. The van der Waals surface area contributed by atoms with Gasteiger partial charge in [0, 0.05) is 21.3 Å². The first-order valence-electron chi connectivity index (χ1n) is 9.15. The molecule has 0 saturated heterocycles. The third-order valence-electron chi connectivity index (χ3n) is 4.29. The number of rotatable bonds is 7. The van der Waals surface area contributed by atoms with Gasteiger partial charge in [-0.1, -0.05) is 33.6 Å². The molecular formula is C22H20BrN3O4S. The van der Waals surface area contributed by atoms with E-state index in [1.165, 1.54) is 42.6 Å². The summed E-state index contributed by atoms with van der Waals surface area (Å²) in [6.07, 6.45) is 1.48. The van der Waals surface area contributed by atoms with Crippen LogP contribution in [0.5, 0.6) is 5.75 Å². The molecule has 0 fully saturated rings. The molecular weight excluding hydrogens is 482 g/mol. The van der Waals surface area contributed by atoms with Gasteiger partial charge in [0.15, 0.2) is 0 Å². The molecule has 0 atom stereocenters. The third kappa shape index (κ3) is 5.93. The minimum absolute atomic E-state index is 0.164. The van der Waals surface area contributed by atoms with Crippen LogP contribution in [-0.2, 0) is 10.0 Å². The molecule has 3 rings (SSSR count). The average molecular weight is 502 g/mol. The normalized spacial score (nSPS) is 11.3. The van der Waals surface area contributed by atoms with E-state index in [1.807, 2.05) is 19.1 Å². The number of benzene rings is 3. The van der Waals surface area contributed by atoms with Gasteiger partial charge in [0.2, 0.25) is 0 Å². The van der Waals surface area contributed by atoms with Crippen LogP contribution in [0.15, 0.2) is 81.2 Å². The Hall–Kier alpha value is -3.17. The summed E-state index contributed by atoms with van der Waals surface area (Å²) in [6.45, 7) is 1.88. The molecule has 0 aliphatic heterocycles. The van der Waals surface area contributed by atoms with E-state index in [2.05, 4.69) is 31.2 Å². The number of hydrazone groups is 1. The van der Waals surface area contributed by atoms with Gasteiger partial charge in [-0.3, -0.25) is 9.52 Å². The molecule has 7 nitrogen and oxygen atoms in total.